The van der Waals surface area contributed by atoms with Gasteiger partial charge in [-0.15, -0.1) is 0 Å². The molecular formula is C13H22N2. The molecule has 1 atom stereocenters. The minimum atomic E-state index is 0.458. The van der Waals surface area contributed by atoms with Crippen LogP contribution >= 0.6 is 0 Å². The van der Waals surface area contributed by atoms with Crippen molar-refractivity contribution in [1.82, 2.24) is 4.90 Å². The van der Waals surface area contributed by atoms with Crippen molar-refractivity contribution in [2.45, 2.75) is 33.4 Å². The number of nitrogens with two attached hydrogens (primary N) is 1. The normalized spacial score (nSPS) is 13.1. The van der Waals surface area contributed by atoms with Crippen LogP contribution in [0.1, 0.15) is 37.9 Å². The Bertz CT molecular complexity index is 292. The topological polar surface area (TPSA) is 29.3 Å². The van der Waals surface area contributed by atoms with Crippen LogP contribution in [0, 0.1) is 0 Å². The van der Waals surface area contributed by atoms with Gasteiger partial charge in [-0.1, -0.05) is 38.1 Å². The summed E-state index contributed by atoms with van der Waals surface area (Å²) in [7, 11) is 0. The van der Waals surface area contributed by atoms with Crippen LogP contribution < -0.4 is 5.73 Å². The van der Waals surface area contributed by atoms with E-state index in [9.17, 15) is 0 Å². The van der Waals surface area contributed by atoms with Gasteiger partial charge in [0.25, 0.3) is 0 Å². The highest BCUT2D eigenvalue weighted by Crippen LogP contribution is 2.22. The fourth-order valence-electron chi connectivity index (χ4n) is 2.10. The Morgan fingerprint density at radius 1 is 1.20 bits per heavy atom. The molecule has 0 aliphatic rings. The number of rotatable bonds is 5. The van der Waals surface area contributed by atoms with E-state index in [-0.39, 0.29) is 0 Å². The molecule has 0 bridgehead atoms. The first-order chi connectivity index (χ1) is 7.24. The van der Waals surface area contributed by atoms with Crippen molar-refractivity contribution in [2.75, 3.05) is 13.1 Å². The average Bonchev–Trinajstić information content (AvgIpc) is 2.30. The zero-order valence-corrected chi connectivity index (χ0v) is 10.0. The lowest BCUT2D eigenvalue weighted by Gasteiger charge is -2.28. The average molecular weight is 206 g/mol. The summed E-state index contributed by atoms with van der Waals surface area (Å²) in [5.41, 5.74) is 8.38. The SMILES string of the molecule is CCN(CC)C(C)c1ccccc1CN. The van der Waals surface area contributed by atoms with E-state index in [0.717, 1.165) is 13.1 Å². The fourth-order valence-corrected chi connectivity index (χ4v) is 2.10. The Labute approximate surface area is 93.1 Å². The molecule has 1 rings (SSSR count). The van der Waals surface area contributed by atoms with Crippen molar-refractivity contribution >= 4 is 0 Å². The summed E-state index contributed by atoms with van der Waals surface area (Å²) in [6.07, 6.45) is 0. The first-order valence-corrected chi connectivity index (χ1v) is 5.76. The lowest BCUT2D eigenvalue weighted by atomic mass is 10.0. The van der Waals surface area contributed by atoms with Crippen molar-refractivity contribution in [1.29, 1.82) is 0 Å². The quantitative estimate of drug-likeness (QED) is 0.802. The molecule has 84 valence electrons. The largest absolute Gasteiger partial charge is 0.326 e. The van der Waals surface area contributed by atoms with E-state index in [4.69, 9.17) is 5.73 Å². The Hall–Kier alpha value is -0.860. The van der Waals surface area contributed by atoms with Crippen LogP contribution in [0.4, 0.5) is 0 Å². The maximum absolute atomic E-state index is 5.75. The van der Waals surface area contributed by atoms with Crippen LogP contribution in [0.5, 0.6) is 0 Å². The van der Waals surface area contributed by atoms with Crippen LogP contribution in [0.15, 0.2) is 24.3 Å². The maximum atomic E-state index is 5.75. The van der Waals surface area contributed by atoms with E-state index in [2.05, 4.69) is 49.9 Å². The van der Waals surface area contributed by atoms with Crippen LogP contribution in [-0.4, -0.2) is 18.0 Å². The van der Waals surface area contributed by atoms with E-state index < -0.39 is 0 Å². The molecule has 0 saturated carbocycles. The van der Waals surface area contributed by atoms with Gasteiger partial charge in [0.1, 0.15) is 0 Å². The smallest absolute Gasteiger partial charge is 0.0322 e. The summed E-state index contributed by atoms with van der Waals surface area (Å²) in [6, 6.07) is 8.91. The molecule has 1 unspecified atom stereocenters. The molecule has 0 fully saturated rings. The van der Waals surface area contributed by atoms with Gasteiger partial charge in [-0.25, -0.2) is 0 Å². The summed E-state index contributed by atoms with van der Waals surface area (Å²) >= 11 is 0. The standard InChI is InChI=1S/C13H22N2/c1-4-15(5-2)11(3)13-9-7-6-8-12(13)10-14/h6-9,11H,4-5,10,14H2,1-3H3. The molecule has 0 aromatic heterocycles. The molecule has 2 heteroatoms. The van der Waals surface area contributed by atoms with Crippen molar-refractivity contribution in [3.63, 3.8) is 0 Å². The van der Waals surface area contributed by atoms with Crippen LogP contribution in [0.25, 0.3) is 0 Å². The van der Waals surface area contributed by atoms with Gasteiger partial charge in [0.05, 0.1) is 0 Å². The van der Waals surface area contributed by atoms with Crippen LogP contribution in [0.3, 0.4) is 0 Å². The minimum Gasteiger partial charge on any atom is -0.326 e. The molecule has 0 aliphatic carbocycles. The van der Waals surface area contributed by atoms with Gasteiger partial charge in [-0.2, -0.15) is 0 Å². The summed E-state index contributed by atoms with van der Waals surface area (Å²) in [5.74, 6) is 0. The molecule has 2 nitrogen and oxygen atoms in total. The maximum Gasteiger partial charge on any atom is 0.0322 e. The van der Waals surface area contributed by atoms with Gasteiger partial charge in [0.15, 0.2) is 0 Å². The van der Waals surface area contributed by atoms with Crippen LogP contribution in [-0.2, 0) is 6.54 Å². The Balaban J connectivity index is 2.93. The second-order valence-electron chi connectivity index (χ2n) is 3.80. The third-order valence-electron chi connectivity index (χ3n) is 3.09. The lowest BCUT2D eigenvalue weighted by Crippen LogP contribution is -2.27. The molecule has 0 aliphatic heterocycles. The fraction of sp³-hybridized carbons (Fsp3) is 0.538. The van der Waals surface area contributed by atoms with Gasteiger partial charge in [0.2, 0.25) is 0 Å². The summed E-state index contributed by atoms with van der Waals surface area (Å²) in [6.45, 7) is 9.44. The highest BCUT2D eigenvalue weighted by molar-refractivity contribution is 5.29. The van der Waals surface area contributed by atoms with E-state index in [1.54, 1.807) is 0 Å². The molecule has 0 saturated heterocycles. The van der Waals surface area contributed by atoms with Gasteiger partial charge in [-0.05, 0) is 31.1 Å². The Morgan fingerprint density at radius 2 is 1.80 bits per heavy atom. The van der Waals surface area contributed by atoms with Crippen molar-refractivity contribution in [3.8, 4) is 0 Å². The molecular weight excluding hydrogens is 184 g/mol. The van der Waals surface area contributed by atoms with Crippen molar-refractivity contribution in [2.24, 2.45) is 5.73 Å². The zero-order chi connectivity index (χ0) is 11.3. The molecule has 0 heterocycles. The van der Waals surface area contributed by atoms with E-state index in [0.29, 0.717) is 12.6 Å². The van der Waals surface area contributed by atoms with E-state index in [1.807, 2.05) is 0 Å². The molecule has 1 aromatic rings. The molecule has 0 amide bonds. The number of nitrogens with zero attached hydrogens (tertiary/aromatic N) is 1. The monoisotopic (exact) mass is 206 g/mol. The molecule has 0 spiro atoms. The summed E-state index contributed by atoms with van der Waals surface area (Å²) in [4.78, 5) is 2.44. The second kappa shape index (κ2) is 5.89. The van der Waals surface area contributed by atoms with Gasteiger partial charge in [0, 0.05) is 12.6 Å². The van der Waals surface area contributed by atoms with Gasteiger partial charge < -0.3 is 5.73 Å². The van der Waals surface area contributed by atoms with Crippen molar-refractivity contribution < 1.29 is 0 Å². The number of hydrogen-bond donors (Lipinski definition) is 1. The molecule has 0 radical (unpaired) electrons. The summed E-state index contributed by atoms with van der Waals surface area (Å²) in [5, 5.41) is 0. The Morgan fingerprint density at radius 3 is 2.33 bits per heavy atom. The predicted octanol–water partition coefficient (Wildman–Crippen LogP) is 2.55. The second-order valence-corrected chi connectivity index (χ2v) is 3.80. The Kier molecular flexibility index (Phi) is 4.79. The first kappa shape index (κ1) is 12.2. The molecule has 1 aromatic carbocycles. The van der Waals surface area contributed by atoms with Crippen molar-refractivity contribution in [3.05, 3.63) is 35.4 Å². The molecule has 2 N–H and O–H groups in total. The first-order valence-electron chi connectivity index (χ1n) is 5.76. The molecule has 15 heavy (non-hydrogen) atoms. The highest BCUT2D eigenvalue weighted by atomic mass is 15.1. The number of hydrogen-bond acceptors (Lipinski definition) is 2. The predicted molar refractivity (Wildman–Crippen MR) is 65.7 cm³/mol. The zero-order valence-electron chi connectivity index (χ0n) is 10.0. The van der Waals surface area contributed by atoms with Crippen LogP contribution in [0.2, 0.25) is 0 Å². The third kappa shape index (κ3) is 2.80. The third-order valence-corrected chi connectivity index (χ3v) is 3.09. The minimum absolute atomic E-state index is 0.458. The van der Waals surface area contributed by atoms with E-state index in [1.165, 1.54) is 11.1 Å². The summed E-state index contributed by atoms with van der Waals surface area (Å²) < 4.78 is 0. The number of benzene rings is 1. The lowest BCUT2D eigenvalue weighted by molar-refractivity contribution is 0.233. The highest BCUT2D eigenvalue weighted by Gasteiger charge is 2.14. The van der Waals surface area contributed by atoms with Gasteiger partial charge in [-0.3, -0.25) is 4.90 Å². The van der Waals surface area contributed by atoms with Gasteiger partial charge >= 0.3 is 0 Å². The van der Waals surface area contributed by atoms with E-state index >= 15 is 0 Å².